The van der Waals surface area contributed by atoms with Gasteiger partial charge in [0, 0.05) is 0 Å². The topological polar surface area (TPSA) is 46.5 Å². The fourth-order valence-corrected chi connectivity index (χ4v) is 0.735. The Morgan fingerprint density at radius 1 is 1.54 bits per heavy atom. The minimum absolute atomic E-state index is 0.0887. The van der Waals surface area contributed by atoms with Crippen LogP contribution < -0.4 is 0 Å². The van der Waals surface area contributed by atoms with E-state index in [1.165, 1.54) is 0 Å². The number of rotatable bonds is 5. The zero-order chi connectivity index (χ0) is 10.5. The van der Waals surface area contributed by atoms with Crippen LogP contribution in [0, 0.1) is 0 Å². The van der Waals surface area contributed by atoms with Gasteiger partial charge in [0.1, 0.15) is 6.61 Å². The Morgan fingerprint density at radius 2 is 2.08 bits per heavy atom. The number of hydrogen-bond donors (Lipinski definition) is 1. The molecule has 0 rings (SSSR count). The van der Waals surface area contributed by atoms with Gasteiger partial charge >= 0.3 is 12.1 Å². The van der Waals surface area contributed by atoms with Crippen LogP contribution in [0.25, 0.3) is 0 Å². The molecular weight excluding hydrogens is 189 g/mol. The van der Waals surface area contributed by atoms with Crippen molar-refractivity contribution in [1.82, 2.24) is 0 Å². The van der Waals surface area contributed by atoms with E-state index < -0.39 is 24.9 Å². The van der Waals surface area contributed by atoms with Crippen LogP contribution in [0.15, 0.2) is 0 Å². The third-order valence-corrected chi connectivity index (χ3v) is 1.27. The highest BCUT2D eigenvalue weighted by Crippen LogP contribution is 2.16. The van der Waals surface area contributed by atoms with Crippen LogP contribution >= 0.6 is 0 Å². The second-order valence-corrected chi connectivity index (χ2v) is 2.54. The summed E-state index contributed by atoms with van der Waals surface area (Å²) in [5.74, 6) is -1.36. The Balaban J connectivity index is 3.90. The van der Waals surface area contributed by atoms with Gasteiger partial charge in [-0.2, -0.15) is 13.2 Å². The lowest BCUT2D eigenvalue weighted by molar-refractivity contribution is -0.193. The highest BCUT2D eigenvalue weighted by molar-refractivity contribution is 5.72. The van der Waals surface area contributed by atoms with Gasteiger partial charge in [0.05, 0.1) is 0 Å². The smallest absolute Gasteiger partial charge is 0.411 e. The lowest BCUT2D eigenvalue weighted by atomic mass is 10.2. The van der Waals surface area contributed by atoms with Crippen molar-refractivity contribution in [3.8, 4) is 0 Å². The maximum absolute atomic E-state index is 11.6. The molecule has 6 heteroatoms. The van der Waals surface area contributed by atoms with E-state index in [-0.39, 0.29) is 6.42 Å². The van der Waals surface area contributed by atoms with Crippen molar-refractivity contribution < 1.29 is 27.8 Å². The molecular formula is C7H11F3O3. The summed E-state index contributed by atoms with van der Waals surface area (Å²) >= 11 is 0. The second-order valence-electron chi connectivity index (χ2n) is 2.54. The summed E-state index contributed by atoms with van der Waals surface area (Å²) in [6, 6.07) is 0. The van der Waals surface area contributed by atoms with Crippen molar-refractivity contribution in [2.75, 3.05) is 6.61 Å². The molecule has 0 radical (unpaired) electrons. The molecule has 0 aliphatic carbocycles. The fourth-order valence-electron chi connectivity index (χ4n) is 0.735. The normalized spacial score (nSPS) is 14.2. The molecule has 1 unspecified atom stereocenters. The summed E-state index contributed by atoms with van der Waals surface area (Å²) in [4.78, 5) is 10.3. The average Bonchev–Trinajstić information content (AvgIpc) is 1.95. The van der Waals surface area contributed by atoms with Crippen LogP contribution in [0.3, 0.4) is 0 Å². The molecule has 0 aromatic carbocycles. The first-order valence-corrected chi connectivity index (χ1v) is 3.78. The van der Waals surface area contributed by atoms with Gasteiger partial charge in [-0.15, -0.1) is 0 Å². The van der Waals surface area contributed by atoms with Crippen molar-refractivity contribution in [1.29, 1.82) is 0 Å². The van der Waals surface area contributed by atoms with E-state index in [4.69, 9.17) is 5.11 Å². The van der Waals surface area contributed by atoms with Crippen LogP contribution in [0.4, 0.5) is 13.2 Å². The van der Waals surface area contributed by atoms with Gasteiger partial charge in [-0.1, -0.05) is 13.3 Å². The maximum Gasteiger partial charge on any atom is 0.411 e. The number of ether oxygens (including phenoxy) is 1. The zero-order valence-corrected chi connectivity index (χ0v) is 7.10. The number of carboxylic acid groups (broad SMARTS) is 1. The Kier molecular flexibility index (Phi) is 4.76. The van der Waals surface area contributed by atoms with Gasteiger partial charge in [0.15, 0.2) is 6.10 Å². The van der Waals surface area contributed by atoms with Gasteiger partial charge in [-0.05, 0) is 6.42 Å². The lowest BCUT2D eigenvalue weighted by Gasteiger charge is -2.13. The van der Waals surface area contributed by atoms with Gasteiger partial charge in [-0.3, -0.25) is 0 Å². The molecule has 0 aliphatic heterocycles. The number of hydrogen-bond acceptors (Lipinski definition) is 2. The third-order valence-electron chi connectivity index (χ3n) is 1.27. The van der Waals surface area contributed by atoms with Crippen LogP contribution in [0.2, 0.25) is 0 Å². The summed E-state index contributed by atoms with van der Waals surface area (Å²) in [5.41, 5.74) is 0. The third kappa shape index (κ3) is 6.39. The summed E-state index contributed by atoms with van der Waals surface area (Å²) in [7, 11) is 0. The molecule has 0 bridgehead atoms. The van der Waals surface area contributed by atoms with Crippen LogP contribution in [0.1, 0.15) is 19.8 Å². The highest BCUT2D eigenvalue weighted by atomic mass is 19.4. The van der Waals surface area contributed by atoms with Crippen LogP contribution in [-0.2, 0) is 9.53 Å². The van der Waals surface area contributed by atoms with E-state index >= 15 is 0 Å². The van der Waals surface area contributed by atoms with Gasteiger partial charge < -0.3 is 9.84 Å². The summed E-state index contributed by atoms with van der Waals surface area (Å²) < 4.78 is 39.0. The zero-order valence-electron chi connectivity index (χ0n) is 7.10. The Morgan fingerprint density at radius 3 is 2.38 bits per heavy atom. The van der Waals surface area contributed by atoms with Gasteiger partial charge in [0.2, 0.25) is 0 Å². The van der Waals surface area contributed by atoms with Crippen LogP contribution in [0.5, 0.6) is 0 Å². The van der Waals surface area contributed by atoms with E-state index in [9.17, 15) is 18.0 Å². The molecule has 0 spiro atoms. The average molecular weight is 200 g/mol. The Hall–Kier alpha value is -0.780. The number of alkyl halides is 3. The van der Waals surface area contributed by atoms with Crippen LogP contribution in [-0.4, -0.2) is 30.0 Å². The largest absolute Gasteiger partial charge is 0.479 e. The van der Waals surface area contributed by atoms with Crippen molar-refractivity contribution in [2.24, 2.45) is 0 Å². The molecule has 0 fully saturated rings. The van der Waals surface area contributed by atoms with E-state index in [1.54, 1.807) is 6.92 Å². The van der Waals surface area contributed by atoms with Crippen molar-refractivity contribution in [3.05, 3.63) is 0 Å². The van der Waals surface area contributed by atoms with E-state index in [1.807, 2.05) is 0 Å². The lowest BCUT2D eigenvalue weighted by Crippen LogP contribution is -2.29. The molecule has 3 nitrogen and oxygen atoms in total. The minimum atomic E-state index is -4.47. The standard InChI is InChI=1S/C7H11F3O3/c1-2-3-5(6(11)12)13-4-7(8,9)10/h5H,2-4H2,1H3,(H,11,12). The van der Waals surface area contributed by atoms with Crippen molar-refractivity contribution in [2.45, 2.75) is 32.0 Å². The fraction of sp³-hybridized carbons (Fsp3) is 0.857. The Labute approximate surface area is 73.5 Å². The molecule has 0 aliphatic rings. The second kappa shape index (κ2) is 5.06. The molecule has 0 saturated carbocycles. The number of carboxylic acids is 1. The van der Waals surface area contributed by atoms with Crippen molar-refractivity contribution in [3.63, 3.8) is 0 Å². The SMILES string of the molecule is CCCC(OCC(F)(F)F)C(=O)O. The predicted octanol–water partition coefficient (Wildman–Crippen LogP) is 1.82. The monoisotopic (exact) mass is 200 g/mol. The highest BCUT2D eigenvalue weighted by Gasteiger charge is 2.30. The van der Waals surface area contributed by atoms with E-state index in [0.29, 0.717) is 6.42 Å². The minimum Gasteiger partial charge on any atom is -0.479 e. The first-order valence-electron chi connectivity index (χ1n) is 3.78. The molecule has 78 valence electrons. The van der Waals surface area contributed by atoms with Crippen molar-refractivity contribution >= 4 is 5.97 Å². The Bertz CT molecular complexity index is 167. The number of carbonyl (C=O) groups is 1. The molecule has 1 atom stereocenters. The molecule has 0 aromatic heterocycles. The molecule has 13 heavy (non-hydrogen) atoms. The predicted molar refractivity (Wildman–Crippen MR) is 38.3 cm³/mol. The summed E-state index contributed by atoms with van der Waals surface area (Å²) in [6.07, 6.45) is -5.27. The van der Waals surface area contributed by atoms with Gasteiger partial charge in [-0.25, -0.2) is 4.79 Å². The molecule has 1 N–H and O–H groups in total. The maximum atomic E-state index is 11.6. The summed E-state index contributed by atoms with van der Waals surface area (Å²) in [5, 5.41) is 8.41. The van der Waals surface area contributed by atoms with Gasteiger partial charge in [0.25, 0.3) is 0 Å². The first-order chi connectivity index (χ1) is 5.87. The number of halogens is 3. The first kappa shape index (κ1) is 12.2. The quantitative estimate of drug-likeness (QED) is 0.736. The number of aliphatic carboxylic acids is 1. The molecule has 0 heterocycles. The molecule has 0 aromatic rings. The molecule has 0 saturated heterocycles. The summed E-state index contributed by atoms with van der Waals surface area (Å²) in [6.45, 7) is 0.164. The van der Waals surface area contributed by atoms with E-state index in [2.05, 4.69) is 4.74 Å². The van der Waals surface area contributed by atoms with E-state index in [0.717, 1.165) is 0 Å². The molecule has 0 amide bonds.